The molecule has 0 radical (unpaired) electrons. The van der Waals surface area contributed by atoms with E-state index in [2.05, 4.69) is 20.9 Å². The number of carbonyl (C=O) groups is 2. The Balaban J connectivity index is 1.52. The van der Waals surface area contributed by atoms with Gasteiger partial charge in [-0.05, 0) is 29.8 Å². The number of halogens is 1. The molecule has 1 heterocycles. The van der Waals surface area contributed by atoms with E-state index in [0.29, 0.717) is 10.8 Å². The summed E-state index contributed by atoms with van der Waals surface area (Å²) in [6, 6.07) is 25.8. The van der Waals surface area contributed by atoms with E-state index >= 15 is 0 Å². The molecular formula is C23H18ClN5O2. The van der Waals surface area contributed by atoms with E-state index in [9.17, 15) is 9.59 Å². The lowest BCUT2D eigenvalue weighted by Crippen LogP contribution is -2.42. The third kappa shape index (κ3) is 4.96. The molecule has 8 heteroatoms. The van der Waals surface area contributed by atoms with E-state index in [0.717, 1.165) is 16.8 Å². The van der Waals surface area contributed by atoms with Gasteiger partial charge >= 0.3 is 5.91 Å². The van der Waals surface area contributed by atoms with Gasteiger partial charge in [-0.1, -0.05) is 72.3 Å². The number of hydrazine groups is 1. The Morgan fingerprint density at radius 3 is 2.29 bits per heavy atom. The molecule has 0 fully saturated rings. The largest absolute Gasteiger partial charge is 0.309 e. The van der Waals surface area contributed by atoms with Crippen molar-refractivity contribution in [2.75, 3.05) is 0 Å². The van der Waals surface area contributed by atoms with Crippen LogP contribution < -0.4 is 10.9 Å². The minimum atomic E-state index is -0.619. The lowest BCUT2D eigenvalue weighted by atomic mass is 10.1. The zero-order valence-corrected chi connectivity index (χ0v) is 17.1. The fraction of sp³-hybridized carbons (Fsp3) is 0.0435. The van der Waals surface area contributed by atoms with Crippen LogP contribution in [-0.2, 0) is 11.2 Å². The molecule has 4 aromatic rings. The summed E-state index contributed by atoms with van der Waals surface area (Å²) in [5.41, 5.74) is 7.06. The number of carbonyl (C=O) groups excluding carboxylic acids is 2. The second-order valence-corrected chi connectivity index (χ2v) is 7.12. The summed E-state index contributed by atoms with van der Waals surface area (Å²) >= 11 is 5.93. The maximum Gasteiger partial charge on any atom is 0.309 e. The van der Waals surface area contributed by atoms with Gasteiger partial charge in [0, 0.05) is 10.6 Å². The number of aromatic nitrogens is 3. The Kier molecular flexibility index (Phi) is 6.05. The molecule has 0 unspecified atom stereocenters. The van der Waals surface area contributed by atoms with Gasteiger partial charge < -0.3 is 0 Å². The monoisotopic (exact) mass is 431 g/mol. The number of rotatable bonds is 5. The quantitative estimate of drug-likeness (QED) is 0.472. The highest BCUT2D eigenvalue weighted by molar-refractivity contribution is 6.30. The van der Waals surface area contributed by atoms with Crippen molar-refractivity contribution in [1.29, 1.82) is 0 Å². The van der Waals surface area contributed by atoms with Crippen molar-refractivity contribution in [2.45, 2.75) is 6.42 Å². The van der Waals surface area contributed by atoms with Gasteiger partial charge in [-0.15, -0.1) is 5.10 Å². The Morgan fingerprint density at radius 2 is 1.58 bits per heavy atom. The van der Waals surface area contributed by atoms with Gasteiger partial charge in [-0.3, -0.25) is 20.4 Å². The second kappa shape index (κ2) is 9.23. The minimum Gasteiger partial charge on any atom is -0.273 e. The molecule has 3 aromatic carbocycles. The predicted octanol–water partition coefficient (Wildman–Crippen LogP) is 3.59. The van der Waals surface area contributed by atoms with Gasteiger partial charge in [-0.25, -0.2) is 9.67 Å². The summed E-state index contributed by atoms with van der Waals surface area (Å²) < 4.78 is 1.60. The van der Waals surface area contributed by atoms with Crippen LogP contribution in [0.3, 0.4) is 0 Å². The van der Waals surface area contributed by atoms with Crippen LogP contribution >= 0.6 is 11.6 Å². The van der Waals surface area contributed by atoms with Crippen LogP contribution in [0.15, 0.2) is 84.9 Å². The first-order valence-electron chi connectivity index (χ1n) is 9.52. The molecule has 0 atom stereocenters. The second-order valence-electron chi connectivity index (χ2n) is 6.68. The summed E-state index contributed by atoms with van der Waals surface area (Å²) in [7, 11) is 0. The van der Waals surface area contributed by atoms with Gasteiger partial charge in [0.25, 0.3) is 0 Å². The van der Waals surface area contributed by atoms with Crippen LogP contribution in [0.4, 0.5) is 0 Å². The molecule has 2 N–H and O–H groups in total. The van der Waals surface area contributed by atoms with Crippen molar-refractivity contribution in [3.63, 3.8) is 0 Å². The highest BCUT2D eigenvalue weighted by atomic mass is 35.5. The Hall–Kier alpha value is -3.97. The molecule has 0 saturated carbocycles. The topological polar surface area (TPSA) is 88.9 Å². The molecule has 4 rings (SSSR count). The van der Waals surface area contributed by atoms with Crippen molar-refractivity contribution in [3.05, 3.63) is 101 Å². The normalized spacial score (nSPS) is 10.5. The molecule has 1 aromatic heterocycles. The summed E-state index contributed by atoms with van der Waals surface area (Å²) in [6.07, 6.45) is 0.0714. The fourth-order valence-electron chi connectivity index (χ4n) is 2.99. The molecule has 0 saturated heterocycles. The number of para-hydroxylation sites is 1. The van der Waals surface area contributed by atoms with Gasteiger partial charge in [-0.2, -0.15) is 0 Å². The fourth-order valence-corrected chi connectivity index (χ4v) is 3.20. The molecule has 0 bridgehead atoms. The van der Waals surface area contributed by atoms with Crippen molar-refractivity contribution in [3.8, 4) is 17.1 Å². The zero-order chi connectivity index (χ0) is 21.6. The highest BCUT2D eigenvalue weighted by Crippen LogP contribution is 2.20. The summed E-state index contributed by atoms with van der Waals surface area (Å²) in [5.74, 6) is -0.555. The SMILES string of the molecule is O=C(Cc1cccc(Cl)c1)NNC(=O)c1nc(-c2ccccc2)n(-c2ccccc2)n1. The maximum absolute atomic E-state index is 12.6. The van der Waals surface area contributed by atoms with E-state index in [1.807, 2.05) is 60.7 Å². The number of hydrogen-bond donors (Lipinski definition) is 2. The van der Waals surface area contributed by atoms with Crippen molar-refractivity contribution in [1.82, 2.24) is 25.6 Å². The average molecular weight is 432 g/mol. The van der Waals surface area contributed by atoms with Crippen LogP contribution in [0.1, 0.15) is 16.2 Å². The minimum absolute atomic E-state index is 0.0641. The summed E-state index contributed by atoms with van der Waals surface area (Å²) in [5, 5.41) is 4.90. The lowest BCUT2D eigenvalue weighted by Gasteiger charge is -2.06. The maximum atomic E-state index is 12.6. The molecule has 7 nitrogen and oxygen atoms in total. The standard InChI is InChI=1S/C23H18ClN5O2/c24-18-11-7-8-16(14-18)15-20(30)26-27-23(31)21-25-22(17-9-3-1-4-10-17)29(28-21)19-12-5-2-6-13-19/h1-14H,15H2,(H,26,30)(H,27,31). The molecule has 2 amide bonds. The molecule has 0 spiro atoms. The average Bonchev–Trinajstić information content (AvgIpc) is 3.24. The van der Waals surface area contributed by atoms with Gasteiger partial charge in [0.2, 0.25) is 11.7 Å². The van der Waals surface area contributed by atoms with E-state index in [1.165, 1.54) is 0 Å². The van der Waals surface area contributed by atoms with Crippen LogP contribution in [0.25, 0.3) is 17.1 Å². The van der Waals surface area contributed by atoms with Crippen LogP contribution in [0.2, 0.25) is 5.02 Å². The van der Waals surface area contributed by atoms with Crippen LogP contribution in [0.5, 0.6) is 0 Å². The highest BCUT2D eigenvalue weighted by Gasteiger charge is 2.19. The lowest BCUT2D eigenvalue weighted by molar-refractivity contribution is -0.121. The Bertz CT molecular complexity index is 1150. The number of hydrogen-bond acceptors (Lipinski definition) is 4. The van der Waals surface area contributed by atoms with Crippen LogP contribution in [0, 0.1) is 0 Å². The molecule has 0 aliphatic rings. The zero-order valence-electron chi connectivity index (χ0n) is 16.3. The molecular weight excluding hydrogens is 414 g/mol. The van der Waals surface area contributed by atoms with Gasteiger partial charge in [0.05, 0.1) is 12.1 Å². The summed E-state index contributed by atoms with van der Waals surface area (Å²) in [6.45, 7) is 0. The smallest absolute Gasteiger partial charge is 0.273 e. The Morgan fingerprint density at radius 1 is 0.871 bits per heavy atom. The van der Waals surface area contributed by atoms with Gasteiger partial charge in [0.15, 0.2) is 5.82 Å². The van der Waals surface area contributed by atoms with Crippen LogP contribution in [-0.4, -0.2) is 26.6 Å². The third-order valence-electron chi connectivity index (χ3n) is 4.41. The number of benzene rings is 3. The van der Waals surface area contributed by atoms with Gasteiger partial charge in [0.1, 0.15) is 0 Å². The number of nitrogens with zero attached hydrogens (tertiary/aromatic N) is 3. The predicted molar refractivity (Wildman–Crippen MR) is 118 cm³/mol. The first-order valence-corrected chi connectivity index (χ1v) is 9.89. The third-order valence-corrected chi connectivity index (χ3v) is 4.65. The van der Waals surface area contributed by atoms with Crippen molar-refractivity contribution < 1.29 is 9.59 Å². The number of nitrogens with one attached hydrogen (secondary N) is 2. The number of amides is 2. The van der Waals surface area contributed by atoms with Crippen molar-refractivity contribution in [2.24, 2.45) is 0 Å². The first-order chi connectivity index (χ1) is 15.1. The molecule has 0 aliphatic heterocycles. The summed E-state index contributed by atoms with van der Waals surface area (Å²) in [4.78, 5) is 29.2. The molecule has 0 aliphatic carbocycles. The molecule has 154 valence electrons. The van der Waals surface area contributed by atoms with E-state index in [4.69, 9.17) is 11.6 Å². The van der Waals surface area contributed by atoms with E-state index in [-0.39, 0.29) is 18.2 Å². The molecule has 31 heavy (non-hydrogen) atoms. The van der Waals surface area contributed by atoms with E-state index in [1.54, 1.807) is 28.9 Å². The van der Waals surface area contributed by atoms with E-state index < -0.39 is 5.91 Å². The first kappa shape index (κ1) is 20.3. The Labute approximate surface area is 183 Å². The van der Waals surface area contributed by atoms with Crippen molar-refractivity contribution >= 4 is 23.4 Å².